The first-order valence-electron chi connectivity index (χ1n) is 7.79. The molecule has 0 bridgehead atoms. The standard InChI is InChI=1S/C16H24N2OS/c1-17(13-6-3-2-4-7-13)16(19)12-18-10-9-14(18)15-8-5-11-20-15/h5,8,11,13-14H,2-4,6-7,9-10,12H2,1H3. The lowest BCUT2D eigenvalue weighted by atomic mass is 9.94. The molecule has 0 spiro atoms. The number of hydrogen-bond donors (Lipinski definition) is 0. The van der Waals surface area contributed by atoms with Crippen molar-refractivity contribution in [3.63, 3.8) is 0 Å². The smallest absolute Gasteiger partial charge is 0.236 e. The molecule has 2 aliphatic rings. The minimum atomic E-state index is 0.304. The van der Waals surface area contributed by atoms with E-state index in [9.17, 15) is 4.79 Å². The Morgan fingerprint density at radius 1 is 1.35 bits per heavy atom. The van der Waals surface area contributed by atoms with E-state index in [0.717, 1.165) is 6.54 Å². The Labute approximate surface area is 125 Å². The van der Waals surface area contributed by atoms with Gasteiger partial charge in [-0.05, 0) is 30.7 Å². The van der Waals surface area contributed by atoms with Gasteiger partial charge in [0.25, 0.3) is 0 Å². The first-order chi connectivity index (χ1) is 9.75. The predicted octanol–water partition coefficient (Wildman–Crippen LogP) is 3.29. The highest BCUT2D eigenvalue weighted by atomic mass is 32.1. The fourth-order valence-electron chi connectivity index (χ4n) is 3.39. The molecule has 4 heteroatoms. The summed E-state index contributed by atoms with van der Waals surface area (Å²) in [6.45, 7) is 1.66. The van der Waals surface area contributed by atoms with E-state index in [1.54, 1.807) is 0 Å². The van der Waals surface area contributed by atoms with Gasteiger partial charge in [0.05, 0.1) is 6.54 Å². The van der Waals surface area contributed by atoms with E-state index in [0.29, 0.717) is 24.5 Å². The molecule has 3 nitrogen and oxygen atoms in total. The van der Waals surface area contributed by atoms with Crippen molar-refractivity contribution < 1.29 is 4.79 Å². The Kier molecular flexibility index (Phi) is 4.41. The molecule has 110 valence electrons. The van der Waals surface area contributed by atoms with Crippen molar-refractivity contribution in [2.75, 3.05) is 20.1 Å². The molecule has 2 fully saturated rings. The van der Waals surface area contributed by atoms with Gasteiger partial charge >= 0.3 is 0 Å². The number of nitrogens with zero attached hydrogens (tertiary/aromatic N) is 2. The number of carbonyl (C=O) groups excluding carboxylic acids is 1. The summed E-state index contributed by atoms with van der Waals surface area (Å²) in [5.74, 6) is 0.304. The lowest BCUT2D eigenvalue weighted by Gasteiger charge is -2.41. The van der Waals surface area contributed by atoms with Gasteiger partial charge in [0.15, 0.2) is 0 Å². The van der Waals surface area contributed by atoms with Gasteiger partial charge in [0.1, 0.15) is 0 Å². The summed E-state index contributed by atoms with van der Waals surface area (Å²) in [6, 6.07) is 5.26. The van der Waals surface area contributed by atoms with Crippen molar-refractivity contribution >= 4 is 17.2 Å². The molecule has 1 aliphatic carbocycles. The fourth-order valence-corrected chi connectivity index (χ4v) is 4.29. The summed E-state index contributed by atoms with van der Waals surface area (Å²) in [6.07, 6.45) is 7.48. The number of hydrogen-bond acceptors (Lipinski definition) is 3. The maximum Gasteiger partial charge on any atom is 0.236 e. The number of thiophene rings is 1. The van der Waals surface area contributed by atoms with Gasteiger partial charge in [-0.1, -0.05) is 25.3 Å². The molecule has 1 aromatic heterocycles. The lowest BCUT2D eigenvalue weighted by Crippen LogP contribution is -2.49. The number of likely N-dealkylation sites (N-methyl/N-ethyl adjacent to an activating group) is 1. The number of carbonyl (C=O) groups is 1. The Morgan fingerprint density at radius 2 is 2.15 bits per heavy atom. The first kappa shape index (κ1) is 14.1. The summed E-state index contributed by atoms with van der Waals surface area (Å²) >= 11 is 1.81. The summed E-state index contributed by atoms with van der Waals surface area (Å²) < 4.78 is 0. The third-order valence-corrected chi connectivity index (χ3v) is 5.83. The van der Waals surface area contributed by atoms with Gasteiger partial charge in [-0.2, -0.15) is 0 Å². The van der Waals surface area contributed by atoms with E-state index in [2.05, 4.69) is 22.4 Å². The normalized spacial score (nSPS) is 24.4. The van der Waals surface area contributed by atoms with Gasteiger partial charge in [0, 0.05) is 30.6 Å². The average Bonchev–Trinajstić information content (AvgIpc) is 2.97. The van der Waals surface area contributed by atoms with Crippen LogP contribution in [0.1, 0.15) is 49.4 Å². The molecular weight excluding hydrogens is 268 g/mol. The molecule has 1 saturated heterocycles. The average molecular weight is 292 g/mol. The van der Waals surface area contributed by atoms with Gasteiger partial charge in [-0.15, -0.1) is 11.3 Å². The molecule has 1 aromatic rings. The van der Waals surface area contributed by atoms with Crippen molar-refractivity contribution in [3.05, 3.63) is 22.4 Å². The minimum Gasteiger partial charge on any atom is -0.342 e. The number of amides is 1. The van der Waals surface area contributed by atoms with Gasteiger partial charge in [-0.25, -0.2) is 0 Å². The Bertz CT molecular complexity index is 439. The molecule has 1 unspecified atom stereocenters. The Morgan fingerprint density at radius 3 is 2.75 bits per heavy atom. The molecule has 3 rings (SSSR count). The van der Waals surface area contributed by atoms with Crippen LogP contribution in [0, 0.1) is 0 Å². The zero-order valence-electron chi connectivity index (χ0n) is 12.3. The second-order valence-electron chi connectivity index (χ2n) is 6.09. The summed E-state index contributed by atoms with van der Waals surface area (Å²) in [7, 11) is 2.00. The number of likely N-dealkylation sites (tertiary alicyclic amines) is 1. The summed E-state index contributed by atoms with van der Waals surface area (Å²) in [4.78, 5) is 18.2. The fraction of sp³-hybridized carbons (Fsp3) is 0.688. The first-order valence-corrected chi connectivity index (χ1v) is 8.67. The van der Waals surface area contributed by atoms with Crippen molar-refractivity contribution in [3.8, 4) is 0 Å². The summed E-state index contributed by atoms with van der Waals surface area (Å²) in [5.41, 5.74) is 0. The third kappa shape index (κ3) is 2.91. The molecule has 20 heavy (non-hydrogen) atoms. The van der Waals surface area contributed by atoms with Crippen LogP contribution in [0.15, 0.2) is 17.5 Å². The second kappa shape index (κ2) is 6.27. The van der Waals surface area contributed by atoms with Crippen LogP contribution >= 0.6 is 11.3 Å². The van der Waals surface area contributed by atoms with Crippen molar-refractivity contribution in [1.29, 1.82) is 0 Å². The zero-order chi connectivity index (χ0) is 13.9. The predicted molar refractivity (Wildman–Crippen MR) is 82.9 cm³/mol. The topological polar surface area (TPSA) is 23.6 Å². The Balaban J connectivity index is 1.53. The highest BCUT2D eigenvalue weighted by Crippen LogP contribution is 2.35. The molecule has 1 atom stereocenters. The van der Waals surface area contributed by atoms with Crippen LogP contribution < -0.4 is 0 Å². The summed E-state index contributed by atoms with van der Waals surface area (Å²) in [5, 5.41) is 2.13. The molecule has 0 N–H and O–H groups in total. The molecule has 2 heterocycles. The SMILES string of the molecule is CN(C(=O)CN1CCC1c1cccs1)C1CCCCC1. The van der Waals surface area contributed by atoms with Crippen LogP contribution in [0.4, 0.5) is 0 Å². The van der Waals surface area contributed by atoms with Gasteiger partial charge in [-0.3, -0.25) is 9.69 Å². The lowest BCUT2D eigenvalue weighted by molar-refractivity contribution is -0.136. The minimum absolute atomic E-state index is 0.304. The highest BCUT2D eigenvalue weighted by molar-refractivity contribution is 7.10. The van der Waals surface area contributed by atoms with Crippen molar-refractivity contribution in [2.45, 2.75) is 50.6 Å². The van der Waals surface area contributed by atoms with E-state index in [1.165, 1.54) is 43.4 Å². The van der Waals surface area contributed by atoms with Crippen LogP contribution in [-0.2, 0) is 4.79 Å². The van der Waals surface area contributed by atoms with E-state index < -0.39 is 0 Å². The molecule has 0 aromatic carbocycles. The van der Waals surface area contributed by atoms with Crippen LogP contribution in [0.2, 0.25) is 0 Å². The molecule has 1 saturated carbocycles. The largest absolute Gasteiger partial charge is 0.342 e. The van der Waals surface area contributed by atoms with E-state index in [-0.39, 0.29) is 0 Å². The maximum absolute atomic E-state index is 12.4. The second-order valence-corrected chi connectivity index (χ2v) is 7.07. The van der Waals surface area contributed by atoms with Gasteiger partial charge < -0.3 is 4.90 Å². The molecular formula is C16H24N2OS. The van der Waals surface area contributed by atoms with Crippen LogP contribution in [0.25, 0.3) is 0 Å². The van der Waals surface area contributed by atoms with Gasteiger partial charge in [0.2, 0.25) is 5.91 Å². The highest BCUT2D eigenvalue weighted by Gasteiger charge is 2.33. The molecule has 1 amide bonds. The van der Waals surface area contributed by atoms with Crippen LogP contribution in [0.3, 0.4) is 0 Å². The van der Waals surface area contributed by atoms with E-state index in [4.69, 9.17) is 0 Å². The monoisotopic (exact) mass is 292 g/mol. The van der Waals surface area contributed by atoms with Crippen molar-refractivity contribution in [1.82, 2.24) is 9.80 Å². The Hall–Kier alpha value is -0.870. The molecule has 1 aliphatic heterocycles. The van der Waals surface area contributed by atoms with E-state index in [1.807, 2.05) is 23.3 Å². The third-order valence-electron chi connectivity index (χ3n) is 4.86. The zero-order valence-corrected chi connectivity index (χ0v) is 13.1. The van der Waals surface area contributed by atoms with Crippen molar-refractivity contribution in [2.24, 2.45) is 0 Å². The molecule has 0 radical (unpaired) electrons. The van der Waals surface area contributed by atoms with Crippen LogP contribution in [-0.4, -0.2) is 41.9 Å². The van der Waals surface area contributed by atoms with Crippen LogP contribution in [0.5, 0.6) is 0 Å². The number of rotatable bonds is 4. The van der Waals surface area contributed by atoms with E-state index >= 15 is 0 Å². The quantitative estimate of drug-likeness (QED) is 0.850. The maximum atomic E-state index is 12.4.